The molecule has 1 aromatic carbocycles. The van der Waals surface area contributed by atoms with E-state index in [1.807, 2.05) is 18.2 Å². The third-order valence-corrected chi connectivity index (χ3v) is 2.73. The van der Waals surface area contributed by atoms with Crippen molar-refractivity contribution in [2.45, 2.75) is 13.0 Å². The molecule has 1 atom stereocenters. The Morgan fingerprint density at radius 3 is 2.44 bits per heavy atom. The van der Waals surface area contributed by atoms with Gasteiger partial charge in [0.1, 0.15) is 6.10 Å². The van der Waals surface area contributed by atoms with Crippen LogP contribution >= 0.6 is 0 Å². The number of hydrogen-bond donors (Lipinski definition) is 0. The van der Waals surface area contributed by atoms with E-state index in [1.165, 1.54) is 16.7 Å². The fourth-order valence-electron chi connectivity index (χ4n) is 1.80. The van der Waals surface area contributed by atoms with E-state index in [-0.39, 0.29) is 6.10 Å². The topological polar surface area (TPSA) is 9.23 Å². The standard InChI is InChI=1S/C15H16O/c1-12-8-10-13(11-9-12)14-6-4-3-5-7-15(14)16-2/h3-11,15H,1-2H3. The predicted octanol–water partition coefficient (Wildman–Crippen LogP) is 3.52. The summed E-state index contributed by atoms with van der Waals surface area (Å²) in [4.78, 5) is 0. The van der Waals surface area contributed by atoms with Gasteiger partial charge in [0.2, 0.25) is 0 Å². The number of benzene rings is 1. The molecule has 0 saturated carbocycles. The van der Waals surface area contributed by atoms with Gasteiger partial charge < -0.3 is 4.74 Å². The summed E-state index contributed by atoms with van der Waals surface area (Å²) in [6.45, 7) is 2.10. The zero-order valence-corrected chi connectivity index (χ0v) is 9.68. The minimum atomic E-state index is 0.0395. The van der Waals surface area contributed by atoms with Crippen molar-refractivity contribution in [3.63, 3.8) is 0 Å². The van der Waals surface area contributed by atoms with E-state index in [0.29, 0.717) is 0 Å². The zero-order chi connectivity index (χ0) is 11.4. The van der Waals surface area contributed by atoms with Crippen LogP contribution in [0.25, 0.3) is 5.57 Å². The summed E-state index contributed by atoms with van der Waals surface area (Å²) in [5.74, 6) is 0. The number of rotatable bonds is 2. The van der Waals surface area contributed by atoms with Crippen LogP contribution in [-0.2, 0) is 4.74 Å². The lowest BCUT2D eigenvalue weighted by Crippen LogP contribution is -2.09. The number of allylic oxidation sites excluding steroid dienone is 4. The maximum atomic E-state index is 5.47. The highest BCUT2D eigenvalue weighted by molar-refractivity contribution is 5.72. The Balaban J connectivity index is 2.37. The average Bonchev–Trinajstić information content (AvgIpc) is 2.55. The summed E-state index contributed by atoms with van der Waals surface area (Å²) in [6, 6.07) is 8.53. The van der Waals surface area contributed by atoms with Gasteiger partial charge in [0.25, 0.3) is 0 Å². The number of methoxy groups -OCH3 is 1. The first kappa shape index (κ1) is 10.9. The third-order valence-electron chi connectivity index (χ3n) is 2.73. The quantitative estimate of drug-likeness (QED) is 0.728. The van der Waals surface area contributed by atoms with Gasteiger partial charge in [-0.3, -0.25) is 0 Å². The Kier molecular flexibility index (Phi) is 3.37. The first-order chi connectivity index (χ1) is 7.81. The Hall–Kier alpha value is -1.60. The molecule has 0 bridgehead atoms. The van der Waals surface area contributed by atoms with Gasteiger partial charge in [-0.1, -0.05) is 60.2 Å². The van der Waals surface area contributed by atoms with Gasteiger partial charge in [0, 0.05) is 7.11 Å². The first-order valence-electron chi connectivity index (χ1n) is 5.46. The average molecular weight is 212 g/mol. The molecule has 0 fully saturated rings. The van der Waals surface area contributed by atoms with Gasteiger partial charge in [-0.2, -0.15) is 0 Å². The highest BCUT2D eigenvalue weighted by Crippen LogP contribution is 2.23. The Morgan fingerprint density at radius 2 is 1.75 bits per heavy atom. The Bertz CT molecular complexity index is 435. The van der Waals surface area contributed by atoms with E-state index < -0.39 is 0 Å². The highest BCUT2D eigenvalue weighted by atomic mass is 16.5. The molecule has 1 nitrogen and oxygen atoms in total. The SMILES string of the molecule is COC1C=CC=CC=C1c1ccc(C)cc1. The number of hydrogen-bond acceptors (Lipinski definition) is 1. The molecule has 0 amide bonds. The fraction of sp³-hybridized carbons (Fsp3) is 0.200. The monoisotopic (exact) mass is 212 g/mol. The largest absolute Gasteiger partial charge is 0.373 e. The molecular weight excluding hydrogens is 196 g/mol. The first-order valence-corrected chi connectivity index (χ1v) is 5.46. The molecule has 1 unspecified atom stereocenters. The van der Waals surface area contributed by atoms with Gasteiger partial charge in [0.05, 0.1) is 0 Å². The molecule has 0 radical (unpaired) electrons. The van der Waals surface area contributed by atoms with Crippen LogP contribution in [0.3, 0.4) is 0 Å². The lowest BCUT2D eigenvalue weighted by atomic mass is 9.99. The van der Waals surface area contributed by atoms with Gasteiger partial charge in [-0.05, 0) is 18.1 Å². The summed E-state index contributed by atoms with van der Waals surface area (Å²) in [7, 11) is 1.74. The minimum Gasteiger partial charge on any atom is -0.373 e. The molecule has 0 aromatic heterocycles. The van der Waals surface area contributed by atoms with E-state index in [0.717, 1.165) is 0 Å². The molecule has 16 heavy (non-hydrogen) atoms. The third kappa shape index (κ3) is 2.31. The minimum absolute atomic E-state index is 0.0395. The molecule has 1 aliphatic carbocycles. The van der Waals surface area contributed by atoms with Crippen LogP contribution in [0.5, 0.6) is 0 Å². The van der Waals surface area contributed by atoms with Gasteiger partial charge in [0.15, 0.2) is 0 Å². The molecular formula is C15H16O. The number of ether oxygens (including phenoxy) is 1. The van der Waals surface area contributed by atoms with Crippen molar-refractivity contribution in [3.05, 3.63) is 65.8 Å². The molecule has 1 aromatic rings. The fourth-order valence-corrected chi connectivity index (χ4v) is 1.80. The van der Waals surface area contributed by atoms with Crippen LogP contribution < -0.4 is 0 Å². The van der Waals surface area contributed by atoms with Crippen LogP contribution in [0.2, 0.25) is 0 Å². The van der Waals surface area contributed by atoms with Crippen LogP contribution in [0.1, 0.15) is 11.1 Å². The van der Waals surface area contributed by atoms with Crippen molar-refractivity contribution in [2.75, 3.05) is 7.11 Å². The molecule has 2 rings (SSSR count). The molecule has 1 heteroatoms. The summed E-state index contributed by atoms with van der Waals surface area (Å²) in [5, 5.41) is 0. The number of aryl methyl sites for hydroxylation is 1. The van der Waals surface area contributed by atoms with Crippen molar-refractivity contribution < 1.29 is 4.74 Å². The van der Waals surface area contributed by atoms with Crippen molar-refractivity contribution in [2.24, 2.45) is 0 Å². The second-order valence-corrected chi connectivity index (χ2v) is 3.91. The molecule has 0 aliphatic heterocycles. The summed E-state index contributed by atoms with van der Waals surface area (Å²) in [6.07, 6.45) is 10.3. The van der Waals surface area contributed by atoms with E-state index in [4.69, 9.17) is 4.74 Å². The van der Waals surface area contributed by atoms with Crippen LogP contribution in [0, 0.1) is 6.92 Å². The Labute approximate surface area is 96.8 Å². The molecule has 82 valence electrons. The molecule has 0 saturated heterocycles. The van der Waals surface area contributed by atoms with Crippen LogP contribution in [0.15, 0.2) is 54.6 Å². The van der Waals surface area contributed by atoms with Gasteiger partial charge in [-0.25, -0.2) is 0 Å². The second-order valence-electron chi connectivity index (χ2n) is 3.91. The molecule has 0 N–H and O–H groups in total. The highest BCUT2D eigenvalue weighted by Gasteiger charge is 2.12. The summed E-state index contributed by atoms with van der Waals surface area (Å²) in [5.41, 5.74) is 3.69. The molecule has 0 spiro atoms. The summed E-state index contributed by atoms with van der Waals surface area (Å²) >= 11 is 0. The normalized spacial score (nSPS) is 19.4. The van der Waals surface area contributed by atoms with E-state index in [2.05, 4.69) is 43.3 Å². The van der Waals surface area contributed by atoms with Crippen molar-refractivity contribution in [1.29, 1.82) is 0 Å². The smallest absolute Gasteiger partial charge is 0.101 e. The maximum Gasteiger partial charge on any atom is 0.101 e. The Morgan fingerprint density at radius 1 is 1.00 bits per heavy atom. The van der Waals surface area contributed by atoms with Crippen molar-refractivity contribution >= 4 is 5.57 Å². The lowest BCUT2D eigenvalue weighted by Gasteiger charge is -2.15. The van der Waals surface area contributed by atoms with Crippen LogP contribution in [-0.4, -0.2) is 13.2 Å². The van der Waals surface area contributed by atoms with E-state index in [1.54, 1.807) is 7.11 Å². The predicted molar refractivity (Wildman–Crippen MR) is 68.2 cm³/mol. The summed E-state index contributed by atoms with van der Waals surface area (Å²) < 4.78 is 5.47. The van der Waals surface area contributed by atoms with E-state index >= 15 is 0 Å². The lowest BCUT2D eigenvalue weighted by molar-refractivity contribution is 0.185. The van der Waals surface area contributed by atoms with Crippen molar-refractivity contribution in [3.8, 4) is 0 Å². The van der Waals surface area contributed by atoms with E-state index in [9.17, 15) is 0 Å². The van der Waals surface area contributed by atoms with Crippen molar-refractivity contribution in [1.82, 2.24) is 0 Å². The molecule has 1 aliphatic rings. The van der Waals surface area contributed by atoms with Gasteiger partial charge in [-0.15, -0.1) is 0 Å². The van der Waals surface area contributed by atoms with Gasteiger partial charge >= 0.3 is 0 Å². The maximum absolute atomic E-state index is 5.47. The molecule has 0 heterocycles. The second kappa shape index (κ2) is 4.95. The van der Waals surface area contributed by atoms with Crippen LogP contribution in [0.4, 0.5) is 0 Å². The zero-order valence-electron chi connectivity index (χ0n) is 9.68.